The van der Waals surface area contributed by atoms with Crippen LogP contribution in [0.25, 0.3) is 0 Å². The molecule has 17 atom stereocenters. The molecule has 17 N–H and O–H groups in total. The molecule has 5 amide bonds. The van der Waals surface area contributed by atoms with Gasteiger partial charge in [0, 0.05) is 45.4 Å². The summed E-state index contributed by atoms with van der Waals surface area (Å²) in [6.45, 7) is -1.36. The summed E-state index contributed by atoms with van der Waals surface area (Å²) in [6.07, 6.45) is -10.7. The van der Waals surface area contributed by atoms with Crippen LogP contribution in [-0.4, -0.2) is 285 Å². The third kappa shape index (κ3) is 26.9. The number of ketones is 1. The second-order valence-corrected chi connectivity index (χ2v) is 21.7. The van der Waals surface area contributed by atoms with Crippen molar-refractivity contribution in [3.8, 4) is 0 Å². The van der Waals surface area contributed by atoms with Crippen LogP contribution in [0.3, 0.4) is 0 Å². The van der Waals surface area contributed by atoms with Crippen molar-refractivity contribution < 1.29 is 118 Å². The zero-order chi connectivity index (χ0) is 62.8. The summed E-state index contributed by atoms with van der Waals surface area (Å²) in [5.41, 5.74) is 0. The largest absolute Gasteiger partial charge is 0.394 e. The Bertz CT molecular complexity index is 1860. The lowest BCUT2D eigenvalue weighted by Gasteiger charge is -2.39. The molecule has 3 aliphatic rings. The molecule has 0 radical (unpaired) electrons. The van der Waals surface area contributed by atoms with Gasteiger partial charge in [-0.15, -0.1) is 0 Å². The average Bonchev–Trinajstić information content (AvgIpc) is 3.69. The first-order valence-electron chi connectivity index (χ1n) is 30.1. The fraction of sp³-hybridized carbons (Fsp3) is 0.891. The Labute approximate surface area is 496 Å². The van der Waals surface area contributed by atoms with Gasteiger partial charge in [-0.25, -0.2) is 0 Å². The minimum atomic E-state index is -1.75. The van der Waals surface area contributed by atoms with E-state index >= 15 is 0 Å². The molecule has 3 fully saturated rings. The van der Waals surface area contributed by atoms with Gasteiger partial charge >= 0.3 is 0 Å². The molecule has 0 unspecified atom stereocenters. The standard InChI is InChI=1S/C55H100N6O24/c1-3-5-6-7-8-9-10-11-12-13-14-18-39(66)60-34(20-19-33(65)4-2)51(78)58-21-16-15-17-35(52(79)59-24-27-82-55-50(77)47(74)44(71)38(32-64)85-55)61(28-40(67)56-22-25-80-53-48(75)45(72)42(69)36(30-62)83-53)29-41(68)57-23-26-81-54-49(76)46(73)43(70)37(31-63)84-54/h34-38,42-50,53-55,62-64,69-77H,3-32H2,1-2H3,(H,56,67)(H,57,68)(H,58,78)(H,59,79)(H,60,66)/t34-,35-,36+,37+,38+,42+,43+,44+,45-,46-,47-,48-,49-,50-,53-,54-,55-/m0/s1. The monoisotopic (exact) mass is 1230 g/mol. The van der Waals surface area contributed by atoms with Crippen LogP contribution in [-0.2, 0) is 57.2 Å². The Morgan fingerprint density at radius 2 is 0.835 bits per heavy atom. The maximum absolute atomic E-state index is 14.3. The number of aliphatic hydroxyl groups is 12. The smallest absolute Gasteiger partial charge is 0.242 e. The zero-order valence-electron chi connectivity index (χ0n) is 49.2. The molecule has 3 aliphatic heterocycles. The Balaban J connectivity index is 1.75. The highest BCUT2D eigenvalue weighted by molar-refractivity contribution is 5.88. The molecule has 0 aromatic rings. The van der Waals surface area contributed by atoms with Gasteiger partial charge in [-0.1, -0.05) is 78.1 Å². The quantitative estimate of drug-likeness (QED) is 0.0253. The van der Waals surface area contributed by atoms with Crippen molar-refractivity contribution in [1.82, 2.24) is 31.5 Å². The molecule has 0 saturated carbocycles. The van der Waals surface area contributed by atoms with Gasteiger partial charge < -0.3 is 116 Å². The van der Waals surface area contributed by atoms with Gasteiger partial charge in [0.05, 0.1) is 58.8 Å². The molecule has 0 aromatic heterocycles. The third-order valence-corrected chi connectivity index (χ3v) is 15.0. The van der Waals surface area contributed by atoms with E-state index in [2.05, 4.69) is 33.5 Å². The summed E-state index contributed by atoms with van der Waals surface area (Å²) in [4.78, 5) is 81.9. The van der Waals surface area contributed by atoms with Crippen molar-refractivity contribution in [3.05, 3.63) is 0 Å². The Morgan fingerprint density at radius 1 is 0.435 bits per heavy atom. The highest BCUT2D eigenvalue weighted by Crippen LogP contribution is 2.25. The summed E-state index contributed by atoms with van der Waals surface area (Å²) >= 11 is 0. The molecule has 0 aromatic carbocycles. The zero-order valence-corrected chi connectivity index (χ0v) is 49.2. The highest BCUT2D eigenvalue weighted by Gasteiger charge is 2.46. The van der Waals surface area contributed by atoms with E-state index in [4.69, 9.17) is 28.4 Å². The number of hydrogen-bond acceptors (Lipinski definition) is 25. The first-order chi connectivity index (χ1) is 40.7. The first-order valence-corrected chi connectivity index (χ1v) is 30.1. The minimum absolute atomic E-state index is 0.0384. The number of Topliss-reactive ketones (excluding diaryl/α,β-unsaturated/α-hetero) is 1. The molecule has 30 nitrogen and oxygen atoms in total. The van der Waals surface area contributed by atoms with Gasteiger partial charge in [0.2, 0.25) is 29.5 Å². The van der Waals surface area contributed by atoms with E-state index < -0.39 is 161 Å². The number of carbonyl (C=O) groups is 6. The van der Waals surface area contributed by atoms with E-state index in [1.807, 2.05) is 0 Å². The average molecular weight is 1230 g/mol. The third-order valence-electron chi connectivity index (χ3n) is 15.0. The molecular weight excluding hydrogens is 1130 g/mol. The summed E-state index contributed by atoms with van der Waals surface area (Å²) < 4.78 is 32.6. The van der Waals surface area contributed by atoms with Gasteiger partial charge in [-0.05, 0) is 32.1 Å². The lowest BCUT2D eigenvalue weighted by molar-refractivity contribution is -0.300. The fourth-order valence-corrected chi connectivity index (χ4v) is 9.81. The molecule has 85 heavy (non-hydrogen) atoms. The summed E-state index contributed by atoms with van der Waals surface area (Å²) in [5.74, 6) is -3.19. The van der Waals surface area contributed by atoms with E-state index in [0.29, 0.717) is 6.42 Å². The van der Waals surface area contributed by atoms with E-state index in [1.165, 1.54) is 43.4 Å². The maximum Gasteiger partial charge on any atom is 0.242 e. The van der Waals surface area contributed by atoms with Crippen LogP contribution >= 0.6 is 0 Å². The topological polar surface area (TPSA) is 464 Å². The SMILES string of the molecule is CCCCCCCCCCCCCC(=O)N[C@@H](CCC(=O)CC)C(=O)NCCCC[C@@H](C(=O)NCCO[C@H]1O[C@H](CO)[C@@H](O)[C@H](O)[C@@H]1O)N(CC(=O)NCCO[C@H]1O[C@H](CO)[C@@H](O)[C@H](O)[C@@H]1O)CC(=O)NCCO[C@H]1O[C@H](CO)[C@@H](O)[C@H](O)[C@@H]1O. The molecule has 3 saturated heterocycles. The van der Waals surface area contributed by atoms with E-state index in [-0.39, 0.29) is 103 Å². The van der Waals surface area contributed by atoms with Crippen molar-refractivity contribution in [2.45, 2.75) is 234 Å². The molecule has 0 aliphatic carbocycles. The second kappa shape index (κ2) is 42.2. The lowest BCUT2D eigenvalue weighted by Crippen LogP contribution is -2.59. The van der Waals surface area contributed by atoms with Gasteiger partial charge in [0.1, 0.15) is 85.1 Å². The molecular formula is C55H100N6O24. The van der Waals surface area contributed by atoms with Gasteiger partial charge in [-0.2, -0.15) is 0 Å². The number of nitrogens with zero attached hydrogens (tertiary/aromatic N) is 1. The Hall–Kier alpha value is -3.74. The Morgan fingerprint density at radius 3 is 1.25 bits per heavy atom. The number of ether oxygens (including phenoxy) is 6. The predicted molar refractivity (Wildman–Crippen MR) is 298 cm³/mol. The Kier molecular flexibility index (Phi) is 37.5. The van der Waals surface area contributed by atoms with Gasteiger partial charge in [-0.3, -0.25) is 33.7 Å². The van der Waals surface area contributed by atoms with Gasteiger partial charge in [0.25, 0.3) is 0 Å². The van der Waals surface area contributed by atoms with Crippen molar-refractivity contribution in [2.75, 3.05) is 78.9 Å². The van der Waals surface area contributed by atoms with Crippen molar-refractivity contribution in [2.24, 2.45) is 0 Å². The number of nitrogens with one attached hydrogen (secondary N) is 5. The maximum atomic E-state index is 14.3. The predicted octanol–water partition coefficient (Wildman–Crippen LogP) is -5.31. The van der Waals surface area contributed by atoms with Crippen LogP contribution in [0, 0.1) is 0 Å². The van der Waals surface area contributed by atoms with Crippen LogP contribution in [0.1, 0.15) is 129 Å². The number of hydrogen-bond donors (Lipinski definition) is 17. The second-order valence-electron chi connectivity index (χ2n) is 21.7. The number of rotatable bonds is 44. The molecule has 30 heteroatoms. The highest BCUT2D eigenvalue weighted by atomic mass is 16.7. The number of amides is 5. The van der Waals surface area contributed by atoms with E-state index in [0.717, 1.165) is 25.7 Å². The van der Waals surface area contributed by atoms with Crippen molar-refractivity contribution in [3.63, 3.8) is 0 Å². The number of aliphatic hydroxyl groups excluding tert-OH is 12. The molecule has 3 heterocycles. The van der Waals surface area contributed by atoms with E-state index in [9.17, 15) is 90.0 Å². The molecule has 3 rings (SSSR count). The number of unbranched alkanes of at least 4 members (excludes halogenated alkanes) is 11. The van der Waals surface area contributed by atoms with Crippen LogP contribution in [0.4, 0.5) is 0 Å². The van der Waals surface area contributed by atoms with E-state index in [1.54, 1.807) is 6.92 Å². The molecule has 0 spiro atoms. The van der Waals surface area contributed by atoms with Crippen molar-refractivity contribution >= 4 is 35.3 Å². The van der Waals surface area contributed by atoms with Crippen LogP contribution in [0.15, 0.2) is 0 Å². The first kappa shape index (κ1) is 75.5. The summed E-state index contributed by atoms with van der Waals surface area (Å²) in [5, 5.41) is 134. The van der Waals surface area contributed by atoms with Crippen LogP contribution in [0.2, 0.25) is 0 Å². The van der Waals surface area contributed by atoms with Crippen LogP contribution < -0.4 is 26.6 Å². The normalized spacial score (nSPS) is 28.5. The summed E-state index contributed by atoms with van der Waals surface area (Å²) in [7, 11) is 0. The summed E-state index contributed by atoms with van der Waals surface area (Å²) in [6, 6.07) is -2.31. The number of carbonyl (C=O) groups excluding carboxylic acids is 6. The molecule has 494 valence electrons. The fourth-order valence-electron chi connectivity index (χ4n) is 9.81. The van der Waals surface area contributed by atoms with Gasteiger partial charge in [0.15, 0.2) is 18.9 Å². The van der Waals surface area contributed by atoms with Crippen molar-refractivity contribution in [1.29, 1.82) is 0 Å². The lowest BCUT2D eigenvalue weighted by atomic mass is 9.99. The van der Waals surface area contributed by atoms with Crippen LogP contribution in [0.5, 0.6) is 0 Å². The minimum Gasteiger partial charge on any atom is -0.394 e. The molecule has 0 bridgehead atoms.